The molecule has 1 aliphatic rings. The number of nitrogens with zero attached hydrogens (tertiary/aromatic N) is 1. The van der Waals surface area contributed by atoms with Crippen LogP contribution in [0.25, 0.3) is 16.3 Å². The third-order valence-electron chi connectivity index (χ3n) is 4.05. The molecule has 0 heterocycles. The van der Waals surface area contributed by atoms with Crippen molar-refractivity contribution >= 4 is 16.3 Å². The Morgan fingerprint density at radius 3 is 2.54 bits per heavy atom. The van der Waals surface area contributed by atoms with Gasteiger partial charge in [0, 0.05) is 0 Å². The number of rotatable bonds is 5. The van der Waals surface area contributed by atoms with E-state index < -0.39 is 0 Å². The van der Waals surface area contributed by atoms with Crippen molar-refractivity contribution in [3.8, 4) is 0 Å². The number of likely N-dealkylation sites (N-methyl/N-ethyl adjacent to an activating group) is 1. The molecule has 0 spiro atoms. The van der Waals surface area contributed by atoms with Crippen LogP contribution in [0.5, 0.6) is 0 Å². The number of hydrogen-bond donors (Lipinski definition) is 0. The Morgan fingerprint density at radius 2 is 1.83 bits per heavy atom. The van der Waals surface area contributed by atoms with Crippen LogP contribution in [0.3, 0.4) is 0 Å². The maximum Gasteiger partial charge on any atom is -1.00 e. The summed E-state index contributed by atoms with van der Waals surface area (Å²) in [5, 5.41) is 2.57. The minimum Gasteiger partial charge on any atom is -1.00 e. The summed E-state index contributed by atoms with van der Waals surface area (Å²) < 4.78 is 5.48. The van der Waals surface area contributed by atoms with Crippen molar-refractivity contribution in [2.75, 3.05) is 20.6 Å². The minimum atomic E-state index is 0. The Kier molecular flexibility index (Phi) is 8.72. The number of halogens is 2. The fraction of sp³-hybridized carbons (Fsp3) is 0.263. The van der Waals surface area contributed by atoms with Crippen molar-refractivity contribution in [1.82, 2.24) is 4.90 Å². The molecule has 2 aromatic rings. The van der Waals surface area contributed by atoms with E-state index >= 15 is 0 Å². The number of hydrogen-bond acceptors (Lipinski definition) is 2. The van der Waals surface area contributed by atoms with Crippen molar-refractivity contribution in [3.05, 3.63) is 65.3 Å². The predicted octanol–water partition coefficient (Wildman–Crippen LogP) is -1.90. The van der Waals surface area contributed by atoms with Crippen LogP contribution < -0.4 is 24.8 Å². The number of allylic oxidation sites excluding steroid dienone is 2. The molecule has 3 rings (SSSR count). The van der Waals surface area contributed by atoms with Gasteiger partial charge in [-0.1, -0.05) is 0 Å². The quantitative estimate of drug-likeness (QED) is 0.547. The fourth-order valence-corrected chi connectivity index (χ4v) is 3.34. The van der Waals surface area contributed by atoms with E-state index in [1.54, 1.807) is 20.8 Å². The molecule has 2 nitrogen and oxygen atoms in total. The first-order valence-corrected chi connectivity index (χ1v) is 8.16. The molecule has 0 bridgehead atoms. The predicted molar refractivity (Wildman–Crippen MR) is 88.0 cm³/mol. The summed E-state index contributed by atoms with van der Waals surface area (Å²) in [5.41, 5.74) is 5.42. The smallest absolute Gasteiger partial charge is 1.00 e. The van der Waals surface area contributed by atoms with E-state index in [1.807, 2.05) is 0 Å². The monoisotopic (exact) mass is 396 g/mol. The molecule has 2 aromatic carbocycles. The first-order valence-electron chi connectivity index (χ1n) is 7.53. The molecule has 0 fully saturated rings. The zero-order valence-electron chi connectivity index (χ0n) is 13.9. The zero-order chi connectivity index (χ0) is 15.5. The number of benzene rings is 2. The average Bonchev–Trinajstić information content (AvgIpc) is 2.95. The van der Waals surface area contributed by atoms with Crippen LogP contribution in [0.4, 0.5) is 0 Å². The van der Waals surface area contributed by atoms with Gasteiger partial charge in [0.25, 0.3) is 0 Å². The summed E-state index contributed by atoms with van der Waals surface area (Å²) in [6.45, 7) is 1.65. The van der Waals surface area contributed by atoms with Crippen LogP contribution in [0.1, 0.15) is 17.5 Å². The van der Waals surface area contributed by atoms with E-state index in [0.29, 0.717) is 6.61 Å². The van der Waals surface area contributed by atoms with Crippen LogP contribution >= 0.6 is 0 Å². The molecule has 5 heteroatoms. The van der Waals surface area contributed by atoms with Crippen LogP contribution in [0.2, 0.25) is 0 Å². The maximum atomic E-state index is 5.48. The van der Waals surface area contributed by atoms with Gasteiger partial charge in [-0.05, 0) is 0 Å². The molecule has 24 heavy (non-hydrogen) atoms. The van der Waals surface area contributed by atoms with Crippen molar-refractivity contribution < 1.29 is 49.0 Å². The first kappa shape index (κ1) is 21.4. The molecule has 0 N–H and O–H groups in total. The van der Waals surface area contributed by atoms with Crippen LogP contribution in [-0.4, -0.2) is 25.5 Å². The third kappa shape index (κ3) is 4.73. The molecule has 0 atom stereocenters. The Morgan fingerprint density at radius 1 is 1.08 bits per heavy atom. The van der Waals surface area contributed by atoms with Gasteiger partial charge in [0.2, 0.25) is 0 Å². The molecule has 0 aromatic heterocycles. The van der Waals surface area contributed by atoms with Crippen LogP contribution in [-0.2, 0) is 30.7 Å². The van der Waals surface area contributed by atoms with Gasteiger partial charge >= 0.3 is 144 Å². The summed E-state index contributed by atoms with van der Waals surface area (Å²) in [4.78, 5) is 2.21. The first-order chi connectivity index (χ1) is 10.7. The fourth-order valence-electron chi connectivity index (χ4n) is 3.11. The van der Waals surface area contributed by atoms with Gasteiger partial charge in [-0.3, -0.25) is 0 Å². The van der Waals surface area contributed by atoms with Gasteiger partial charge in [-0.2, -0.15) is 0 Å². The van der Waals surface area contributed by atoms with E-state index in [9.17, 15) is 0 Å². The van der Waals surface area contributed by atoms with Crippen molar-refractivity contribution in [1.29, 1.82) is 0 Å². The molecular formula is C19H20Cl2NOTi. The maximum absolute atomic E-state index is 5.48. The molecule has 0 saturated heterocycles. The van der Waals surface area contributed by atoms with Gasteiger partial charge < -0.3 is 24.8 Å². The Bertz CT molecular complexity index is 756. The molecule has 0 radical (unpaired) electrons. The van der Waals surface area contributed by atoms with E-state index in [1.165, 1.54) is 33.0 Å². The molecule has 0 aliphatic heterocycles. The standard InChI is InChI=1S/C19H20NO.2ClH.Ti/c1-20(2)12-14-7-8-16(11-14)18-10-9-15-5-3-4-6-17(15)19(18)13-21;;;/h3-7,9-11H,8,12-13H2,1-2H3;2*1H;/q-1;;;+3/p-2. The second-order valence-corrected chi connectivity index (χ2v) is 6.44. The van der Waals surface area contributed by atoms with Gasteiger partial charge in [-0.15, -0.1) is 0 Å². The molecule has 1 aliphatic carbocycles. The third-order valence-corrected chi connectivity index (χ3v) is 4.27. The van der Waals surface area contributed by atoms with Crippen molar-refractivity contribution in [2.24, 2.45) is 0 Å². The number of fused-ring (bicyclic) bond motifs is 1. The molecule has 0 unspecified atom stereocenters. The summed E-state index contributed by atoms with van der Waals surface area (Å²) in [6.07, 6.45) is 5.68. The van der Waals surface area contributed by atoms with E-state index in [0.717, 1.165) is 13.0 Å². The van der Waals surface area contributed by atoms with Crippen LogP contribution in [0, 0.1) is 0 Å². The van der Waals surface area contributed by atoms with Gasteiger partial charge in [0.1, 0.15) is 0 Å². The molecular weight excluding hydrogens is 377 g/mol. The molecule has 0 saturated carbocycles. The van der Waals surface area contributed by atoms with E-state index in [2.05, 4.69) is 67.5 Å². The normalized spacial score (nSPS) is 13.4. The zero-order valence-corrected chi connectivity index (χ0v) is 16.9. The summed E-state index contributed by atoms with van der Waals surface area (Å²) in [5.74, 6) is 0. The van der Waals surface area contributed by atoms with Crippen molar-refractivity contribution in [3.63, 3.8) is 0 Å². The molecule has 125 valence electrons. The Balaban J connectivity index is 0.00000144. The van der Waals surface area contributed by atoms with E-state index in [4.69, 9.17) is 3.32 Å². The largest absolute Gasteiger partial charge is 1.00 e. The van der Waals surface area contributed by atoms with Gasteiger partial charge in [0.05, 0.1) is 0 Å². The summed E-state index contributed by atoms with van der Waals surface area (Å²) >= 11 is 1.77. The average molecular weight is 397 g/mol. The topological polar surface area (TPSA) is 12.5 Å². The van der Waals surface area contributed by atoms with Gasteiger partial charge in [-0.25, -0.2) is 0 Å². The summed E-state index contributed by atoms with van der Waals surface area (Å²) in [7, 11) is 4.22. The SMILES string of the molecule is CN(C)CC1=CCC(c2ccc3ccccc3c2C[O][Ti+2])=C1.[Cl-].[Cl-]. The summed E-state index contributed by atoms with van der Waals surface area (Å²) in [6, 6.07) is 13.0. The van der Waals surface area contributed by atoms with Crippen LogP contribution in [0.15, 0.2) is 54.1 Å². The Labute approximate surface area is 168 Å². The minimum absolute atomic E-state index is 0. The second kappa shape index (κ2) is 9.77. The van der Waals surface area contributed by atoms with Crippen molar-refractivity contribution in [2.45, 2.75) is 13.0 Å². The Hall–Kier alpha value is -0.606. The van der Waals surface area contributed by atoms with E-state index in [-0.39, 0.29) is 24.8 Å². The van der Waals surface area contributed by atoms with Gasteiger partial charge in [0.15, 0.2) is 0 Å². The second-order valence-electron chi connectivity index (χ2n) is 5.99. The molecule has 0 amide bonds.